The summed E-state index contributed by atoms with van der Waals surface area (Å²) in [7, 11) is 0. The molecule has 1 aromatic heterocycles. The smallest absolute Gasteiger partial charge is 0.256 e. The van der Waals surface area contributed by atoms with E-state index < -0.39 is 0 Å². The maximum atomic E-state index is 5.27. The van der Waals surface area contributed by atoms with Crippen molar-refractivity contribution >= 4 is 5.88 Å². The van der Waals surface area contributed by atoms with Gasteiger partial charge in [0, 0.05) is 6.61 Å². The van der Waals surface area contributed by atoms with Crippen LogP contribution in [0.3, 0.4) is 0 Å². The van der Waals surface area contributed by atoms with Gasteiger partial charge in [0.05, 0.1) is 12.7 Å². The minimum Gasteiger partial charge on any atom is -0.473 e. The zero-order valence-corrected chi connectivity index (χ0v) is 6.95. The monoisotopic (exact) mass is 172 g/mol. The van der Waals surface area contributed by atoms with Crippen molar-refractivity contribution in [3.05, 3.63) is 6.07 Å². The van der Waals surface area contributed by atoms with Crippen molar-refractivity contribution in [2.45, 2.75) is 6.92 Å². The molecule has 0 atom stereocenters. The number of hydrogen-bond donors (Lipinski definition) is 1. The number of hydrogen-bond acceptors (Lipinski definition) is 5. The summed E-state index contributed by atoms with van der Waals surface area (Å²) in [5.74, 6) is 0.647. The number of aromatic nitrogens is 1. The molecule has 0 bridgehead atoms. The number of ether oxygens (including phenoxy) is 2. The Morgan fingerprint density at radius 2 is 2.42 bits per heavy atom. The molecule has 0 unspecified atom stereocenters. The van der Waals surface area contributed by atoms with Crippen LogP contribution in [0.4, 0.5) is 5.88 Å². The lowest BCUT2D eigenvalue weighted by Crippen LogP contribution is -2.06. The van der Waals surface area contributed by atoms with E-state index in [1.54, 1.807) is 0 Å². The van der Waals surface area contributed by atoms with Crippen LogP contribution in [0.2, 0.25) is 0 Å². The normalized spacial score (nSPS) is 10.1. The fourth-order valence-corrected chi connectivity index (χ4v) is 0.690. The minimum atomic E-state index is 0.251. The van der Waals surface area contributed by atoms with Crippen LogP contribution in [0.25, 0.3) is 0 Å². The lowest BCUT2D eigenvalue weighted by atomic mass is 10.6. The van der Waals surface area contributed by atoms with Crippen molar-refractivity contribution in [2.24, 2.45) is 0 Å². The number of anilines is 1. The third-order valence-corrected chi connectivity index (χ3v) is 1.19. The lowest BCUT2D eigenvalue weighted by Gasteiger charge is -2.00. The van der Waals surface area contributed by atoms with Crippen LogP contribution in [0.1, 0.15) is 6.92 Å². The number of nitrogens with two attached hydrogens (primary N) is 1. The molecular weight excluding hydrogens is 160 g/mol. The zero-order valence-electron chi connectivity index (χ0n) is 6.95. The molecule has 0 saturated heterocycles. The molecule has 0 aliphatic heterocycles. The molecule has 5 nitrogen and oxygen atoms in total. The second-order valence-electron chi connectivity index (χ2n) is 2.11. The van der Waals surface area contributed by atoms with Crippen LogP contribution in [0.5, 0.6) is 5.88 Å². The van der Waals surface area contributed by atoms with Gasteiger partial charge in [-0.2, -0.15) is 0 Å². The van der Waals surface area contributed by atoms with Crippen LogP contribution in [-0.4, -0.2) is 25.0 Å². The third-order valence-electron chi connectivity index (χ3n) is 1.19. The molecule has 5 heteroatoms. The van der Waals surface area contributed by atoms with Crippen molar-refractivity contribution in [3.63, 3.8) is 0 Å². The molecule has 0 aromatic carbocycles. The van der Waals surface area contributed by atoms with Gasteiger partial charge in [-0.15, -0.1) is 0 Å². The summed E-state index contributed by atoms with van der Waals surface area (Å²) in [5, 5.41) is 3.54. The summed E-state index contributed by atoms with van der Waals surface area (Å²) in [4.78, 5) is 0. The van der Waals surface area contributed by atoms with E-state index in [2.05, 4.69) is 9.68 Å². The first kappa shape index (κ1) is 8.86. The van der Waals surface area contributed by atoms with E-state index in [4.69, 9.17) is 15.2 Å². The minimum absolute atomic E-state index is 0.251. The first-order valence-corrected chi connectivity index (χ1v) is 3.75. The molecular formula is C7H12N2O3. The molecule has 0 radical (unpaired) electrons. The van der Waals surface area contributed by atoms with Gasteiger partial charge in [-0.3, -0.25) is 0 Å². The third kappa shape index (κ3) is 2.79. The summed E-state index contributed by atoms with van der Waals surface area (Å²) in [6.45, 7) is 3.61. The topological polar surface area (TPSA) is 70.5 Å². The molecule has 1 aromatic rings. The fourth-order valence-electron chi connectivity index (χ4n) is 0.690. The molecule has 68 valence electrons. The van der Waals surface area contributed by atoms with Gasteiger partial charge >= 0.3 is 0 Å². The fraction of sp³-hybridized carbons (Fsp3) is 0.571. The zero-order chi connectivity index (χ0) is 8.81. The molecule has 1 heterocycles. The quantitative estimate of drug-likeness (QED) is 0.661. The largest absolute Gasteiger partial charge is 0.473 e. The van der Waals surface area contributed by atoms with Crippen molar-refractivity contribution in [2.75, 3.05) is 25.6 Å². The van der Waals surface area contributed by atoms with Crippen LogP contribution in [0, 0.1) is 0 Å². The summed E-state index contributed by atoms with van der Waals surface area (Å²) >= 11 is 0. The maximum Gasteiger partial charge on any atom is 0.256 e. The highest BCUT2D eigenvalue weighted by molar-refractivity contribution is 5.27. The Morgan fingerprint density at radius 1 is 1.58 bits per heavy atom. The number of nitrogens with zero attached hydrogens (tertiary/aromatic N) is 1. The summed E-state index contributed by atoms with van der Waals surface area (Å²) in [6, 6.07) is 1.52. The van der Waals surface area contributed by atoms with Gasteiger partial charge < -0.3 is 19.7 Å². The summed E-state index contributed by atoms with van der Waals surface area (Å²) < 4.78 is 14.7. The first-order valence-electron chi connectivity index (χ1n) is 3.75. The molecule has 0 aliphatic rings. The van der Waals surface area contributed by atoms with Gasteiger partial charge in [0.1, 0.15) is 6.61 Å². The van der Waals surface area contributed by atoms with Crippen LogP contribution in [-0.2, 0) is 4.74 Å². The van der Waals surface area contributed by atoms with E-state index in [0.717, 1.165) is 0 Å². The Kier molecular flexibility index (Phi) is 3.40. The van der Waals surface area contributed by atoms with Crippen LogP contribution >= 0.6 is 0 Å². The molecule has 0 amide bonds. The maximum absolute atomic E-state index is 5.27. The van der Waals surface area contributed by atoms with Gasteiger partial charge in [0.2, 0.25) is 5.88 Å². The highest BCUT2D eigenvalue weighted by atomic mass is 16.6. The number of rotatable bonds is 5. The van der Waals surface area contributed by atoms with Crippen molar-refractivity contribution in [1.29, 1.82) is 0 Å². The average Bonchev–Trinajstić information content (AvgIpc) is 2.45. The van der Waals surface area contributed by atoms with Crippen molar-refractivity contribution < 1.29 is 14.0 Å². The highest BCUT2D eigenvalue weighted by Gasteiger charge is 1.99. The Labute approximate surface area is 70.4 Å². The van der Waals surface area contributed by atoms with E-state index in [0.29, 0.717) is 25.7 Å². The summed E-state index contributed by atoms with van der Waals surface area (Å²) in [6.07, 6.45) is 0. The first-order chi connectivity index (χ1) is 5.83. The van der Waals surface area contributed by atoms with E-state index in [1.165, 1.54) is 6.07 Å². The molecule has 0 spiro atoms. The van der Waals surface area contributed by atoms with E-state index in [9.17, 15) is 0 Å². The van der Waals surface area contributed by atoms with Gasteiger partial charge in [0.25, 0.3) is 5.88 Å². The summed E-state index contributed by atoms with van der Waals surface area (Å²) in [5.41, 5.74) is 5.27. The molecule has 12 heavy (non-hydrogen) atoms. The van der Waals surface area contributed by atoms with Gasteiger partial charge in [-0.25, -0.2) is 0 Å². The molecule has 0 saturated carbocycles. The van der Waals surface area contributed by atoms with Crippen LogP contribution < -0.4 is 10.5 Å². The predicted molar refractivity (Wildman–Crippen MR) is 42.9 cm³/mol. The van der Waals surface area contributed by atoms with Crippen molar-refractivity contribution in [3.8, 4) is 5.88 Å². The molecule has 0 aliphatic carbocycles. The van der Waals surface area contributed by atoms with Crippen molar-refractivity contribution in [1.82, 2.24) is 5.16 Å². The van der Waals surface area contributed by atoms with Gasteiger partial charge in [-0.05, 0) is 12.1 Å². The standard InChI is InChI=1S/C7H12N2O3/c1-2-10-3-4-11-7-5-6(8)12-9-7/h5H,2-4,8H2,1H3. The van der Waals surface area contributed by atoms with E-state index in [1.807, 2.05) is 6.92 Å². The Hall–Kier alpha value is -1.23. The molecule has 2 N–H and O–H groups in total. The molecule has 1 rings (SSSR count). The second-order valence-corrected chi connectivity index (χ2v) is 2.11. The van der Waals surface area contributed by atoms with E-state index in [-0.39, 0.29) is 5.88 Å². The highest BCUT2D eigenvalue weighted by Crippen LogP contribution is 2.11. The van der Waals surface area contributed by atoms with Gasteiger partial charge in [0.15, 0.2) is 0 Å². The van der Waals surface area contributed by atoms with Gasteiger partial charge in [-0.1, -0.05) is 0 Å². The Bertz CT molecular complexity index is 224. The Morgan fingerprint density at radius 3 is 3.00 bits per heavy atom. The Balaban J connectivity index is 2.15. The van der Waals surface area contributed by atoms with E-state index >= 15 is 0 Å². The number of nitrogen functional groups attached to an aromatic ring is 1. The second kappa shape index (κ2) is 4.61. The SMILES string of the molecule is CCOCCOc1cc(N)on1. The lowest BCUT2D eigenvalue weighted by molar-refractivity contribution is 0.107. The predicted octanol–water partition coefficient (Wildman–Crippen LogP) is 0.672. The molecule has 0 fully saturated rings. The average molecular weight is 172 g/mol. The van der Waals surface area contributed by atoms with Crippen LogP contribution in [0.15, 0.2) is 10.6 Å².